The van der Waals surface area contributed by atoms with Gasteiger partial charge in [-0.1, -0.05) is 25.4 Å². The fourth-order valence-electron chi connectivity index (χ4n) is 2.36. The lowest BCUT2D eigenvalue weighted by atomic mass is 9.83. The van der Waals surface area contributed by atoms with Gasteiger partial charge in [0, 0.05) is 31.7 Å². The summed E-state index contributed by atoms with van der Waals surface area (Å²) in [5.41, 5.74) is 0.0973. The van der Waals surface area contributed by atoms with E-state index in [1.54, 1.807) is 6.07 Å². The summed E-state index contributed by atoms with van der Waals surface area (Å²) in [6.45, 7) is 8.08. The normalized spacial score (nSPS) is 23.1. The molecule has 94 valence electrons. The van der Waals surface area contributed by atoms with Crippen molar-refractivity contribution >= 4 is 17.4 Å². The maximum absolute atomic E-state index is 9.39. The van der Waals surface area contributed by atoms with E-state index in [4.69, 9.17) is 11.6 Å². The van der Waals surface area contributed by atoms with Crippen molar-refractivity contribution in [2.45, 2.75) is 20.8 Å². The van der Waals surface area contributed by atoms with Crippen LogP contribution >= 0.6 is 11.6 Å². The van der Waals surface area contributed by atoms with Crippen molar-refractivity contribution < 1.29 is 5.11 Å². The molecule has 1 saturated heterocycles. The Morgan fingerprint density at radius 1 is 1.53 bits per heavy atom. The number of hydrogen-bond acceptors (Lipinski definition) is 4. The summed E-state index contributed by atoms with van der Waals surface area (Å²) in [7, 11) is 0. The largest absolute Gasteiger partial charge is 0.396 e. The quantitative estimate of drug-likeness (QED) is 0.820. The van der Waals surface area contributed by atoms with E-state index in [0.29, 0.717) is 11.0 Å². The fourth-order valence-corrected chi connectivity index (χ4v) is 2.58. The standard InChI is InChI=1S/C12H18ClN3O/c1-8-14-10(13)4-11(15-8)16-5-9(6-17)12(2,3)7-16/h4,9,17H,5-7H2,1-3H3. The van der Waals surface area contributed by atoms with E-state index < -0.39 is 0 Å². The van der Waals surface area contributed by atoms with Crippen LogP contribution in [0.15, 0.2) is 6.07 Å². The van der Waals surface area contributed by atoms with Gasteiger partial charge < -0.3 is 10.0 Å². The highest BCUT2D eigenvalue weighted by molar-refractivity contribution is 6.29. The van der Waals surface area contributed by atoms with Crippen LogP contribution in [0.25, 0.3) is 0 Å². The molecule has 0 radical (unpaired) electrons. The third-order valence-electron chi connectivity index (χ3n) is 3.48. The van der Waals surface area contributed by atoms with Crippen molar-refractivity contribution in [1.29, 1.82) is 0 Å². The molecule has 1 aliphatic rings. The summed E-state index contributed by atoms with van der Waals surface area (Å²) < 4.78 is 0. The van der Waals surface area contributed by atoms with E-state index >= 15 is 0 Å². The molecule has 0 saturated carbocycles. The number of anilines is 1. The first kappa shape index (κ1) is 12.6. The lowest BCUT2D eigenvalue weighted by Crippen LogP contribution is -2.25. The van der Waals surface area contributed by atoms with Gasteiger partial charge in [-0.2, -0.15) is 0 Å². The molecule has 0 spiro atoms. The summed E-state index contributed by atoms with van der Waals surface area (Å²) in [6.07, 6.45) is 0. The highest BCUT2D eigenvalue weighted by Gasteiger charge is 2.39. The van der Waals surface area contributed by atoms with Gasteiger partial charge in [-0.05, 0) is 12.3 Å². The number of halogens is 1. The molecule has 1 fully saturated rings. The van der Waals surface area contributed by atoms with E-state index in [1.807, 2.05) is 6.92 Å². The molecule has 0 aliphatic carbocycles. The van der Waals surface area contributed by atoms with Gasteiger partial charge in [0.1, 0.15) is 16.8 Å². The van der Waals surface area contributed by atoms with Crippen LogP contribution in [0.4, 0.5) is 5.82 Å². The molecule has 0 amide bonds. The van der Waals surface area contributed by atoms with Crippen molar-refractivity contribution in [3.63, 3.8) is 0 Å². The molecule has 1 unspecified atom stereocenters. The molecule has 1 atom stereocenters. The molecular formula is C12H18ClN3O. The summed E-state index contributed by atoms with van der Waals surface area (Å²) in [6, 6.07) is 1.78. The summed E-state index contributed by atoms with van der Waals surface area (Å²) in [5, 5.41) is 9.86. The number of aliphatic hydroxyl groups excluding tert-OH is 1. The average Bonchev–Trinajstić information content (AvgIpc) is 2.52. The molecule has 1 aromatic rings. The average molecular weight is 256 g/mol. The topological polar surface area (TPSA) is 49.2 Å². The monoisotopic (exact) mass is 255 g/mol. The Balaban J connectivity index is 2.25. The van der Waals surface area contributed by atoms with Crippen LogP contribution in [-0.2, 0) is 0 Å². The van der Waals surface area contributed by atoms with E-state index in [9.17, 15) is 5.11 Å². The molecule has 2 heterocycles. The molecule has 1 aliphatic heterocycles. The molecular weight excluding hydrogens is 238 g/mol. The van der Waals surface area contributed by atoms with Gasteiger partial charge in [0.15, 0.2) is 0 Å². The predicted octanol–water partition coefficient (Wildman–Crippen LogP) is 1.89. The van der Waals surface area contributed by atoms with Crippen LogP contribution < -0.4 is 4.90 Å². The van der Waals surface area contributed by atoms with Gasteiger partial charge >= 0.3 is 0 Å². The second-order valence-corrected chi connectivity index (χ2v) is 5.73. The molecule has 17 heavy (non-hydrogen) atoms. The maximum Gasteiger partial charge on any atom is 0.134 e. The second kappa shape index (κ2) is 4.42. The number of aryl methyl sites for hydroxylation is 1. The van der Waals surface area contributed by atoms with Gasteiger partial charge in [-0.3, -0.25) is 0 Å². The molecule has 1 aromatic heterocycles. The molecule has 0 aromatic carbocycles. The summed E-state index contributed by atoms with van der Waals surface area (Å²) >= 11 is 5.94. The van der Waals surface area contributed by atoms with Gasteiger partial charge in [0.25, 0.3) is 0 Å². The van der Waals surface area contributed by atoms with E-state index in [-0.39, 0.29) is 17.9 Å². The van der Waals surface area contributed by atoms with E-state index in [0.717, 1.165) is 18.9 Å². The first-order valence-electron chi connectivity index (χ1n) is 5.79. The van der Waals surface area contributed by atoms with Crippen LogP contribution in [0.2, 0.25) is 5.15 Å². The van der Waals surface area contributed by atoms with Crippen LogP contribution in [0.5, 0.6) is 0 Å². The molecule has 1 N–H and O–H groups in total. The van der Waals surface area contributed by atoms with Crippen molar-refractivity contribution in [3.05, 3.63) is 17.0 Å². The fraction of sp³-hybridized carbons (Fsp3) is 0.667. The zero-order valence-corrected chi connectivity index (χ0v) is 11.2. The minimum absolute atomic E-state index is 0.0973. The highest BCUT2D eigenvalue weighted by Crippen LogP contribution is 2.37. The lowest BCUT2D eigenvalue weighted by Gasteiger charge is -2.23. The zero-order chi connectivity index (χ0) is 12.6. The van der Waals surface area contributed by atoms with Crippen molar-refractivity contribution in [1.82, 2.24) is 9.97 Å². The zero-order valence-electron chi connectivity index (χ0n) is 10.4. The number of nitrogens with zero attached hydrogens (tertiary/aromatic N) is 3. The minimum Gasteiger partial charge on any atom is -0.396 e. The first-order valence-corrected chi connectivity index (χ1v) is 6.17. The van der Waals surface area contributed by atoms with E-state index in [1.165, 1.54) is 0 Å². The Bertz CT molecular complexity index is 402. The van der Waals surface area contributed by atoms with Crippen molar-refractivity contribution in [3.8, 4) is 0 Å². The Kier molecular flexibility index (Phi) is 3.27. The van der Waals surface area contributed by atoms with Crippen LogP contribution in [0, 0.1) is 18.3 Å². The molecule has 0 bridgehead atoms. The summed E-state index contributed by atoms with van der Waals surface area (Å²) in [5.74, 6) is 1.81. The number of aromatic nitrogens is 2. The number of rotatable bonds is 2. The molecule has 4 nitrogen and oxygen atoms in total. The van der Waals surface area contributed by atoms with Gasteiger partial charge in [-0.25, -0.2) is 9.97 Å². The molecule has 2 rings (SSSR count). The second-order valence-electron chi connectivity index (χ2n) is 5.34. The summed E-state index contributed by atoms with van der Waals surface area (Å²) in [4.78, 5) is 10.6. The lowest BCUT2D eigenvalue weighted by molar-refractivity contribution is 0.161. The van der Waals surface area contributed by atoms with Crippen LogP contribution in [-0.4, -0.2) is 34.8 Å². The predicted molar refractivity (Wildman–Crippen MR) is 68.3 cm³/mol. The van der Waals surface area contributed by atoms with Crippen molar-refractivity contribution in [2.75, 3.05) is 24.6 Å². The van der Waals surface area contributed by atoms with E-state index in [2.05, 4.69) is 28.7 Å². The van der Waals surface area contributed by atoms with Gasteiger partial charge in [-0.15, -0.1) is 0 Å². The number of hydrogen-bond donors (Lipinski definition) is 1. The van der Waals surface area contributed by atoms with Crippen LogP contribution in [0.1, 0.15) is 19.7 Å². The van der Waals surface area contributed by atoms with Gasteiger partial charge in [0.2, 0.25) is 0 Å². The highest BCUT2D eigenvalue weighted by atomic mass is 35.5. The van der Waals surface area contributed by atoms with Gasteiger partial charge in [0.05, 0.1) is 0 Å². The third kappa shape index (κ3) is 2.53. The Labute approximate surface area is 107 Å². The Hall–Kier alpha value is -0.870. The SMILES string of the molecule is Cc1nc(Cl)cc(N2CC(CO)C(C)(C)C2)n1. The third-order valence-corrected chi connectivity index (χ3v) is 3.68. The first-order chi connectivity index (χ1) is 7.92. The van der Waals surface area contributed by atoms with Crippen LogP contribution in [0.3, 0.4) is 0 Å². The molecule has 5 heteroatoms. The van der Waals surface area contributed by atoms with Crippen molar-refractivity contribution in [2.24, 2.45) is 11.3 Å². The number of aliphatic hydroxyl groups is 1. The smallest absolute Gasteiger partial charge is 0.134 e. The Morgan fingerprint density at radius 3 is 2.76 bits per heavy atom. The minimum atomic E-state index is 0.0973. The maximum atomic E-state index is 9.39. The Morgan fingerprint density at radius 2 is 2.24 bits per heavy atom.